The number of hydrogen-bond donors (Lipinski definition) is 1. The molecule has 2 heterocycles. The molecular weight excluding hydrogens is 246 g/mol. The Labute approximate surface area is 113 Å². The number of aromatic nitrogens is 1. The Morgan fingerprint density at radius 1 is 1.68 bits per heavy atom. The molecule has 0 saturated carbocycles. The van der Waals surface area contributed by atoms with Crippen LogP contribution in [0.25, 0.3) is 0 Å². The summed E-state index contributed by atoms with van der Waals surface area (Å²) in [5.74, 6) is 1.05. The molecule has 1 fully saturated rings. The second-order valence-electron chi connectivity index (χ2n) is 4.93. The van der Waals surface area contributed by atoms with Gasteiger partial charge in [-0.15, -0.1) is 0 Å². The summed E-state index contributed by atoms with van der Waals surface area (Å²) in [5, 5.41) is 6.99. The van der Waals surface area contributed by atoms with Crippen LogP contribution in [0.5, 0.6) is 0 Å². The van der Waals surface area contributed by atoms with Crippen molar-refractivity contribution < 1.29 is 14.1 Å². The summed E-state index contributed by atoms with van der Waals surface area (Å²) in [5.41, 5.74) is 0.372. The molecule has 0 spiro atoms. The monoisotopic (exact) mass is 267 g/mol. The van der Waals surface area contributed by atoms with E-state index in [1.807, 2.05) is 11.9 Å². The molecular formula is C13H21N3O3. The molecule has 0 aromatic carbocycles. The van der Waals surface area contributed by atoms with Gasteiger partial charge < -0.3 is 19.5 Å². The minimum Gasteiger partial charge on any atom is -0.377 e. The fraction of sp³-hybridized carbons (Fsp3) is 0.692. The first-order valence-electron chi connectivity index (χ1n) is 6.63. The number of ether oxygens (including phenoxy) is 1. The average molecular weight is 267 g/mol. The molecule has 6 nitrogen and oxygen atoms in total. The van der Waals surface area contributed by atoms with Crippen LogP contribution >= 0.6 is 0 Å². The Morgan fingerprint density at radius 2 is 2.53 bits per heavy atom. The quantitative estimate of drug-likeness (QED) is 0.858. The van der Waals surface area contributed by atoms with Crippen LogP contribution in [-0.2, 0) is 11.3 Å². The molecule has 6 heteroatoms. The highest BCUT2D eigenvalue weighted by atomic mass is 16.5. The van der Waals surface area contributed by atoms with Gasteiger partial charge in [0.1, 0.15) is 6.61 Å². The normalized spacial score (nSPS) is 19.7. The number of nitrogens with one attached hydrogen (secondary N) is 1. The standard InChI is InChI=1S/C13H21N3O3/c1-14-7-10-4-3-5-16(8-10)13(17)12-6-11(9-18-2)19-15-12/h6,10,14H,3-5,7-9H2,1-2H3. The van der Waals surface area contributed by atoms with Crippen LogP contribution in [0.1, 0.15) is 29.1 Å². The van der Waals surface area contributed by atoms with Crippen molar-refractivity contribution in [3.8, 4) is 0 Å². The third-order valence-electron chi connectivity index (χ3n) is 3.36. The van der Waals surface area contributed by atoms with Gasteiger partial charge in [0, 0.05) is 26.3 Å². The molecule has 1 unspecified atom stereocenters. The van der Waals surface area contributed by atoms with E-state index in [4.69, 9.17) is 9.26 Å². The molecule has 0 radical (unpaired) electrons. The number of piperidine rings is 1. The fourth-order valence-electron chi connectivity index (χ4n) is 2.49. The van der Waals surface area contributed by atoms with Crippen molar-refractivity contribution in [2.24, 2.45) is 5.92 Å². The van der Waals surface area contributed by atoms with Gasteiger partial charge in [-0.1, -0.05) is 5.16 Å². The van der Waals surface area contributed by atoms with Crippen LogP contribution in [0.2, 0.25) is 0 Å². The van der Waals surface area contributed by atoms with E-state index in [2.05, 4.69) is 10.5 Å². The van der Waals surface area contributed by atoms with Gasteiger partial charge in [-0.2, -0.15) is 0 Å². The lowest BCUT2D eigenvalue weighted by Crippen LogP contribution is -2.42. The molecule has 1 aromatic heterocycles. The van der Waals surface area contributed by atoms with Crippen molar-refractivity contribution in [1.29, 1.82) is 0 Å². The maximum atomic E-state index is 12.3. The van der Waals surface area contributed by atoms with Gasteiger partial charge in [-0.3, -0.25) is 4.79 Å². The Balaban J connectivity index is 1.97. The molecule has 1 N–H and O–H groups in total. The van der Waals surface area contributed by atoms with Gasteiger partial charge >= 0.3 is 0 Å². The van der Waals surface area contributed by atoms with Gasteiger partial charge in [-0.05, 0) is 32.4 Å². The zero-order chi connectivity index (χ0) is 13.7. The summed E-state index contributed by atoms with van der Waals surface area (Å²) >= 11 is 0. The first-order chi connectivity index (χ1) is 9.24. The Kier molecular flexibility index (Phi) is 4.93. The largest absolute Gasteiger partial charge is 0.377 e. The zero-order valence-corrected chi connectivity index (χ0v) is 11.5. The van der Waals surface area contributed by atoms with Gasteiger partial charge in [0.2, 0.25) is 0 Å². The summed E-state index contributed by atoms with van der Waals surface area (Å²) in [6.45, 7) is 2.86. The Bertz CT molecular complexity index is 417. The molecule has 1 aromatic rings. The molecule has 1 aliphatic heterocycles. The smallest absolute Gasteiger partial charge is 0.276 e. The molecule has 0 aliphatic carbocycles. The van der Waals surface area contributed by atoms with Crippen LogP contribution in [0.3, 0.4) is 0 Å². The lowest BCUT2D eigenvalue weighted by molar-refractivity contribution is 0.0663. The number of methoxy groups -OCH3 is 1. The molecule has 1 amide bonds. The van der Waals surface area contributed by atoms with Crippen molar-refractivity contribution >= 4 is 5.91 Å². The van der Waals surface area contributed by atoms with Crippen LogP contribution in [0.4, 0.5) is 0 Å². The highest BCUT2D eigenvalue weighted by molar-refractivity contribution is 5.92. The number of rotatable bonds is 5. The maximum Gasteiger partial charge on any atom is 0.276 e. The van der Waals surface area contributed by atoms with E-state index < -0.39 is 0 Å². The van der Waals surface area contributed by atoms with Crippen molar-refractivity contribution in [3.05, 3.63) is 17.5 Å². The van der Waals surface area contributed by atoms with Crippen molar-refractivity contribution in [2.75, 3.05) is 33.8 Å². The molecule has 106 valence electrons. The van der Waals surface area contributed by atoms with Crippen LogP contribution < -0.4 is 5.32 Å². The lowest BCUT2D eigenvalue weighted by atomic mass is 9.98. The highest BCUT2D eigenvalue weighted by Crippen LogP contribution is 2.18. The number of likely N-dealkylation sites (tertiary alicyclic amines) is 1. The van der Waals surface area contributed by atoms with E-state index in [0.717, 1.165) is 26.1 Å². The summed E-state index contributed by atoms with van der Waals surface area (Å²) < 4.78 is 10.0. The third-order valence-corrected chi connectivity index (χ3v) is 3.36. The number of amides is 1. The van der Waals surface area contributed by atoms with E-state index in [9.17, 15) is 4.79 Å². The topological polar surface area (TPSA) is 67.6 Å². The fourth-order valence-corrected chi connectivity index (χ4v) is 2.49. The molecule has 19 heavy (non-hydrogen) atoms. The summed E-state index contributed by atoms with van der Waals surface area (Å²) in [6.07, 6.45) is 2.21. The molecule has 1 atom stereocenters. The van der Waals surface area contributed by atoms with Crippen LogP contribution in [0.15, 0.2) is 10.6 Å². The molecule has 0 bridgehead atoms. The Morgan fingerprint density at radius 3 is 3.26 bits per heavy atom. The predicted octanol–water partition coefficient (Wildman–Crippen LogP) is 0.893. The number of nitrogens with zero attached hydrogens (tertiary/aromatic N) is 2. The first-order valence-corrected chi connectivity index (χ1v) is 6.63. The lowest BCUT2D eigenvalue weighted by Gasteiger charge is -2.32. The molecule has 1 saturated heterocycles. The minimum atomic E-state index is -0.0492. The number of hydrogen-bond acceptors (Lipinski definition) is 5. The third kappa shape index (κ3) is 3.54. The van der Waals surface area contributed by atoms with E-state index in [1.54, 1.807) is 13.2 Å². The maximum absolute atomic E-state index is 12.3. The Hall–Kier alpha value is -1.40. The van der Waals surface area contributed by atoms with Crippen LogP contribution in [0, 0.1) is 5.92 Å². The second-order valence-corrected chi connectivity index (χ2v) is 4.93. The zero-order valence-electron chi connectivity index (χ0n) is 11.5. The minimum absolute atomic E-state index is 0.0492. The predicted molar refractivity (Wildman–Crippen MR) is 69.8 cm³/mol. The van der Waals surface area contributed by atoms with Gasteiger partial charge in [0.05, 0.1) is 0 Å². The SMILES string of the molecule is CNCC1CCCN(C(=O)c2cc(COC)on2)C1. The van der Waals surface area contributed by atoms with Crippen molar-refractivity contribution in [3.63, 3.8) is 0 Å². The van der Waals surface area contributed by atoms with E-state index in [0.29, 0.717) is 24.0 Å². The van der Waals surface area contributed by atoms with Gasteiger partial charge in [0.15, 0.2) is 11.5 Å². The average Bonchev–Trinajstić information content (AvgIpc) is 2.88. The summed E-state index contributed by atoms with van der Waals surface area (Å²) in [4.78, 5) is 14.2. The summed E-state index contributed by atoms with van der Waals surface area (Å²) in [6, 6.07) is 1.66. The number of carbonyl (C=O) groups excluding carboxylic acids is 1. The van der Waals surface area contributed by atoms with E-state index in [1.165, 1.54) is 6.42 Å². The number of carbonyl (C=O) groups is 1. The molecule has 2 rings (SSSR count). The van der Waals surface area contributed by atoms with Crippen LogP contribution in [-0.4, -0.2) is 49.8 Å². The highest BCUT2D eigenvalue weighted by Gasteiger charge is 2.26. The van der Waals surface area contributed by atoms with E-state index in [-0.39, 0.29) is 5.91 Å². The first kappa shape index (κ1) is 14.0. The second kappa shape index (κ2) is 6.68. The van der Waals surface area contributed by atoms with Gasteiger partial charge in [-0.25, -0.2) is 0 Å². The van der Waals surface area contributed by atoms with E-state index >= 15 is 0 Å². The van der Waals surface area contributed by atoms with Crippen molar-refractivity contribution in [1.82, 2.24) is 15.4 Å². The van der Waals surface area contributed by atoms with Crippen molar-refractivity contribution in [2.45, 2.75) is 19.4 Å². The van der Waals surface area contributed by atoms with Gasteiger partial charge in [0.25, 0.3) is 5.91 Å². The summed E-state index contributed by atoms with van der Waals surface area (Å²) in [7, 11) is 3.52. The molecule has 1 aliphatic rings.